The lowest BCUT2D eigenvalue weighted by Gasteiger charge is -2.28. The van der Waals surface area contributed by atoms with Crippen LogP contribution in [-0.4, -0.2) is 39.4 Å². The Hall–Kier alpha value is -0.160. The third-order valence-electron chi connectivity index (χ3n) is 1.57. The van der Waals surface area contributed by atoms with E-state index >= 15 is 0 Å². The molecule has 0 amide bonds. The molecule has 1 heterocycles. The molecule has 4 heteroatoms. The van der Waals surface area contributed by atoms with E-state index in [4.69, 9.17) is 20.1 Å². The summed E-state index contributed by atoms with van der Waals surface area (Å²) in [5.74, 6) is 0. The van der Waals surface area contributed by atoms with Gasteiger partial charge in [-0.3, -0.25) is 0 Å². The van der Waals surface area contributed by atoms with Gasteiger partial charge in [0.15, 0.2) is 6.29 Å². The number of aliphatic hydroxyl groups excluding tert-OH is 2. The predicted octanol–water partition coefficient (Wildman–Crippen LogP) is 1.67. The zero-order chi connectivity index (χ0) is 13.4. The van der Waals surface area contributed by atoms with Gasteiger partial charge < -0.3 is 20.1 Å². The monoisotopic (exact) mass is 236 g/mol. The molecule has 1 aliphatic heterocycles. The molecule has 0 aromatic rings. The summed E-state index contributed by atoms with van der Waals surface area (Å²) >= 11 is 0. The van der Waals surface area contributed by atoms with Crippen LogP contribution in [0.1, 0.15) is 54.4 Å². The van der Waals surface area contributed by atoms with Gasteiger partial charge in [-0.05, 0) is 40.5 Å². The maximum atomic E-state index is 8.92. The summed E-state index contributed by atoms with van der Waals surface area (Å²) in [6.45, 7) is 11.1. The quantitative estimate of drug-likeness (QED) is 0.598. The SMILES string of the molecule is CC.CC(C)(C)O.C[C@@H]1CCC(O)C(O)O1. The third-order valence-corrected chi connectivity index (χ3v) is 1.57. The van der Waals surface area contributed by atoms with E-state index in [1.54, 1.807) is 20.8 Å². The topological polar surface area (TPSA) is 69.9 Å². The van der Waals surface area contributed by atoms with Crippen LogP contribution in [0.3, 0.4) is 0 Å². The molecule has 1 rings (SSSR count). The normalized spacial score (nSPS) is 29.4. The number of aliphatic hydroxyl groups is 3. The molecule has 0 spiro atoms. The van der Waals surface area contributed by atoms with Gasteiger partial charge in [0.05, 0.1) is 11.7 Å². The second kappa shape index (κ2) is 8.93. The van der Waals surface area contributed by atoms with Crippen molar-refractivity contribution < 1.29 is 20.1 Å². The second-order valence-electron chi connectivity index (χ2n) is 4.65. The second-order valence-corrected chi connectivity index (χ2v) is 4.65. The van der Waals surface area contributed by atoms with E-state index in [0.717, 1.165) is 6.42 Å². The minimum atomic E-state index is -0.964. The predicted molar refractivity (Wildman–Crippen MR) is 65.1 cm³/mol. The molecule has 3 atom stereocenters. The number of ether oxygens (including phenoxy) is 1. The largest absolute Gasteiger partial charge is 0.391 e. The Balaban J connectivity index is 0. The van der Waals surface area contributed by atoms with Crippen LogP contribution in [0.25, 0.3) is 0 Å². The Labute approximate surface area is 99.3 Å². The van der Waals surface area contributed by atoms with E-state index in [9.17, 15) is 0 Å². The molecule has 100 valence electrons. The first-order chi connectivity index (χ1) is 7.20. The lowest BCUT2D eigenvalue weighted by molar-refractivity contribution is -0.210. The van der Waals surface area contributed by atoms with Crippen molar-refractivity contribution in [3.05, 3.63) is 0 Å². The van der Waals surface area contributed by atoms with Gasteiger partial charge in [-0.2, -0.15) is 0 Å². The maximum absolute atomic E-state index is 8.92. The molecule has 2 unspecified atom stereocenters. The smallest absolute Gasteiger partial charge is 0.181 e. The summed E-state index contributed by atoms with van der Waals surface area (Å²) in [6.07, 6.45) is -0.0843. The van der Waals surface area contributed by atoms with Crippen LogP contribution in [0.2, 0.25) is 0 Å². The van der Waals surface area contributed by atoms with Crippen LogP contribution in [0, 0.1) is 0 Å². The molecular formula is C12H28O4. The molecule has 1 fully saturated rings. The van der Waals surface area contributed by atoms with Crippen molar-refractivity contribution in [1.29, 1.82) is 0 Å². The average Bonchev–Trinajstić information content (AvgIpc) is 2.13. The average molecular weight is 236 g/mol. The summed E-state index contributed by atoms with van der Waals surface area (Å²) in [7, 11) is 0. The molecule has 1 aliphatic rings. The van der Waals surface area contributed by atoms with E-state index < -0.39 is 18.0 Å². The van der Waals surface area contributed by atoms with Crippen LogP contribution in [0.4, 0.5) is 0 Å². The van der Waals surface area contributed by atoms with Crippen LogP contribution in [-0.2, 0) is 4.74 Å². The summed E-state index contributed by atoms with van der Waals surface area (Å²) in [4.78, 5) is 0. The van der Waals surface area contributed by atoms with Gasteiger partial charge in [-0.15, -0.1) is 0 Å². The molecule has 0 aromatic heterocycles. The Kier molecular flexibility index (Phi) is 10.2. The van der Waals surface area contributed by atoms with E-state index in [-0.39, 0.29) is 6.10 Å². The summed E-state index contributed by atoms with van der Waals surface area (Å²) in [6, 6.07) is 0. The summed E-state index contributed by atoms with van der Waals surface area (Å²) in [5.41, 5.74) is -0.500. The molecule has 4 nitrogen and oxygen atoms in total. The summed E-state index contributed by atoms with van der Waals surface area (Å²) in [5, 5.41) is 26.3. The van der Waals surface area contributed by atoms with Gasteiger partial charge in [0.1, 0.15) is 6.10 Å². The van der Waals surface area contributed by atoms with Gasteiger partial charge in [0.2, 0.25) is 0 Å². The molecule has 16 heavy (non-hydrogen) atoms. The molecule has 1 saturated heterocycles. The van der Waals surface area contributed by atoms with Crippen molar-refractivity contribution in [2.45, 2.75) is 78.5 Å². The highest BCUT2D eigenvalue weighted by atomic mass is 16.6. The van der Waals surface area contributed by atoms with E-state index in [1.807, 2.05) is 20.8 Å². The lowest BCUT2D eigenvalue weighted by Crippen LogP contribution is -2.37. The van der Waals surface area contributed by atoms with Crippen molar-refractivity contribution in [3.63, 3.8) is 0 Å². The van der Waals surface area contributed by atoms with Crippen LogP contribution >= 0.6 is 0 Å². The minimum Gasteiger partial charge on any atom is -0.391 e. The van der Waals surface area contributed by atoms with Crippen LogP contribution < -0.4 is 0 Å². The zero-order valence-electron chi connectivity index (χ0n) is 11.4. The first-order valence-electron chi connectivity index (χ1n) is 5.94. The Bertz CT molecular complexity index is 148. The van der Waals surface area contributed by atoms with Crippen molar-refractivity contribution >= 4 is 0 Å². The first kappa shape index (κ1) is 18.2. The fraction of sp³-hybridized carbons (Fsp3) is 1.00. The molecular weight excluding hydrogens is 208 g/mol. The van der Waals surface area contributed by atoms with E-state index in [0.29, 0.717) is 6.42 Å². The molecule has 3 N–H and O–H groups in total. The van der Waals surface area contributed by atoms with Crippen LogP contribution in [0.5, 0.6) is 0 Å². The standard InChI is InChI=1S/C6H12O3.C4H10O.C2H6/c1-4-2-3-5(7)6(8)9-4;1-4(2,3)5;1-2/h4-8H,2-3H2,1H3;5H,1-3H3;1-2H3/t4-,5?,6?;;/m1../s1. The molecule has 0 aromatic carbocycles. The van der Waals surface area contributed by atoms with Gasteiger partial charge in [0.25, 0.3) is 0 Å². The highest BCUT2D eigenvalue weighted by Crippen LogP contribution is 2.16. The van der Waals surface area contributed by atoms with Gasteiger partial charge in [-0.1, -0.05) is 13.8 Å². The van der Waals surface area contributed by atoms with Crippen molar-refractivity contribution in [3.8, 4) is 0 Å². The van der Waals surface area contributed by atoms with Gasteiger partial charge >= 0.3 is 0 Å². The minimum absolute atomic E-state index is 0.0865. The first-order valence-corrected chi connectivity index (χ1v) is 5.94. The Morgan fingerprint density at radius 2 is 1.44 bits per heavy atom. The molecule has 0 radical (unpaired) electrons. The van der Waals surface area contributed by atoms with Gasteiger partial charge in [0, 0.05) is 0 Å². The van der Waals surface area contributed by atoms with Gasteiger partial charge in [-0.25, -0.2) is 0 Å². The number of hydrogen-bond acceptors (Lipinski definition) is 4. The number of rotatable bonds is 0. The molecule has 0 saturated carbocycles. The number of hydrogen-bond donors (Lipinski definition) is 3. The summed E-state index contributed by atoms with van der Waals surface area (Å²) < 4.78 is 4.90. The van der Waals surface area contributed by atoms with E-state index in [1.165, 1.54) is 0 Å². The highest BCUT2D eigenvalue weighted by Gasteiger charge is 2.24. The fourth-order valence-electron chi connectivity index (χ4n) is 0.945. The van der Waals surface area contributed by atoms with Crippen molar-refractivity contribution in [2.75, 3.05) is 0 Å². The fourth-order valence-corrected chi connectivity index (χ4v) is 0.945. The van der Waals surface area contributed by atoms with E-state index in [2.05, 4.69) is 0 Å². The molecule has 0 bridgehead atoms. The molecule has 0 aliphatic carbocycles. The Morgan fingerprint density at radius 1 is 1.06 bits per heavy atom. The third kappa shape index (κ3) is 13.8. The van der Waals surface area contributed by atoms with Crippen molar-refractivity contribution in [2.24, 2.45) is 0 Å². The van der Waals surface area contributed by atoms with Crippen LogP contribution in [0.15, 0.2) is 0 Å². The maximum Gasteiger partial charge on any atom is 0.181 e. The van der Waals surface area contributed by atoms with Crippen molar-refractivity contribution in [1.82, 2.24) is 0 Å². The zero-order valence-corrected chi connectivity index (χ0v) is 11.4. The Morgan fingerprint density at radius 3 is 1.69 bits per heavy atom. The lowest BCUT2D eigenvalue weighted by atomic mass is 10.1. The highest BCUT2D eigenvalue weighted by molar-refractivity contribution is 4.68.